The molecule has 0 amide bonds. The van der Waals surface area contributed by atoms with Gasteiger partial charge in [0.2, 0.25) is 0 Å². The van der Waals surface area contributed by atoms with Gasteiger partial charge in [-0.25, -0.2) is 8.78 Å². The lowest BCUT2D eigenvalue weighted by Gasteiger charge is -2.45. The molecule has 1 saturated carbocycles. The number of rotatable bonds is 2. The summed E-state index contributed by atoms with van der Waals surface area (Å²) in [7, 11) is 0. The van der Waals surface area contributed by atoms with Crippen molar-refractivity contribution < 1.29 is 22.0 Å². The fourth-order valence-electron chi connectivity index (χ4n) is 3.01. The second-order valence-electron chi connectivity index (χ2n) is 5.59. The largest absolute Gasteiger partial charge is 0.416 e. The molecule has 1 nitrogen and oxygen atoms in total. The summed E-state index contributed by atoms with van der Waals surface area (Å²) in [6, 6.07) is 3.42. The predicted molar refractivity (Wildman–Crippen MR) is 72.1 cm³/mol. The number of hydrogen-bond donors (Lipinski definition) is 0. The van der Waals surface area contributed by atoms with Gasteiger partial charge in [-0.2, -0.15) is 13.2 Å². The molecule has 0 spiro atoms. The summed E-state index contributed by atoms with van der Waals surface area (Å²) in [5.41, 5.74) is -0.232. The lowest BCUT2D eigenvalue weighted by atomic mass is 9.74. The van der Waals surface area contributed by atoms with Gasteiger partial charge in [0.25, 0.3) is 0 Å². The maximum absolute atomic E-state index is 13.8. The minimum absolute atomic E-state index is 0.0535. The first-order valence-corrected chi connectivity index (χ1v) is 7.02. The van der Waals surface area contributed by atoms with Crippen molar-refractivity contribution in [1.29, 1.82) is 0 Å². The number of nitrogens with zero attached hydrogens (tertiary/aromatic N) is 1. The molecule has 1 aliphatic carbocycles. The summed E-state index contributed by atoms with van der Waals surface area (Å²) < 4.78 is 64.5. The highest BCUT2D eigenvalue weighted by Crippen LogP contribution is 2.42. The number of allylic oxidation sites excluding steroid dienone is 2. The van der Waals surface area contributed by atoms with Crippen LogP contribution in [0.1, 0.15) is 24.3 Å². The molecule has 1 heterocycles. The zero-order valence-corrected chi connectivity index (χ0v) is 11.6. The van der Waals surface area contributed by atoms with Gasteiger partial charge in [0.05, 0.1) is 5.57 Å². The smallest absolute Gasteiger partial charge is 0.370 e. The van der Waals surface area contributed by atoms with Crippen LogP contribution in [0.15, 0.2) is 42.1 Å². The van der Waals surface area contributed by atoms with Gasteiger partial charge in [0.1, 0.15) is 11.6 Å². The quantitative estimate of drug-likeness (QED) is 0.725. The summed E-state index contributed by atoms with van der Waals surface area (Å²) in [5, 5.41) is 0. The highest BCUT2D eigenvalue weighted by Gasteiger charge is 2.39. The summed E-state index contributed by atoms with van der Waals surface area (Å²) >= 11 is 0. The molecule has 0 unspecified atom stereocenters. The van der Waals surface area contributed by atoms with Gasteiger partial charge >= 0.3 is 6.18 Å². The maximum atomic E-state index is 13.8. The molecule has 2 aliphatic rings. The van der Waals surface area contributed by atoms with Gasteiger partial charge < -0.3 is 4.90 Å². The van der Waals surface area contributed by atoms with Crippen molar-refractivity contribution in [2.24, 2.45) is 0 Å². The standard InChI is InChI=1S/C16H14F5N/c17-11-1-2-12(14(18)9-11)13-3-4-15(13)22-7-5-10(6-8-22)16(19,20)21/h1-2,5-7,9,13,15H,3-4,8H2/t13-,15-/m0/s1. The zero-order chi connectivity index (χ0) is 15.9. The van der Waals surface area contributed by atoms with E-state index in [0.29, 0.717) is 5.56 Å². The van der Waals surface area contributed by atoms with E-state index in [0.717, 1.165) is 31.1 Å². The Kier molecular flexibility index (Phi) is 3.70. The Morgan fingerprint density at radius 1 is 1.09 bits per heavy atom. The Morgan fingerprint density at radius 3 is 2.36 bits per heavy atom. The number of alkyl halides is 3. The third-order valence-corrected chi connectivity index (χ3v) is 4.32. The first-order valence-electron chi connectivity index (χ1n) is 7.02. The van der Waals surface area contributed by atoms with E-state index in [2.05, 4.69) is 0 Å². The van der Waals surface area contributed by atoms with Gasteiger partial charge in [0.15, 0.2) is 0 Å². The van der Waals surface area contributed by atoms with Crippen molar-refractivity contribution in [2.75, 3.05) is 6.54 Å². The van der Waals surface area contributed by atoms with Crippen LogP contribution in [0.4, 0.5) is 22.0 Å². The van der Waals surface area contributed by atoms with Crippen LogP contribution >= 0.6 is 0 Å². The lowest BCUT2D eigenvalue weighted by Crippen LogP contribution is -2.44. The van der Waals surface area contributed by atoms with E-state index in [1.807, 2.05) is 0 Å². The molecule has 0 N–H and O–H groups in total. The van der Waals surface area contributed by atoms with E-state index in [1.54, 1.807) is 4.90 Å². The van der Waals surface area contributed by atoms with Crippen LogP contribution in [0.2, 0.25) is 0 Å². The van der Waals surface area contributed by atoms with Crippen LogP contribution in [0, 0.1) is 11.6 Å². The highest BCUT2D eigenvalue weighted by molar-refractivity contribution is 5.31. The van der Waals surface area contributed by atoms with Crippen molar-refractivity contribution >= 4 is 0 Å². The van der Waals surface area contributed by atoms with Crippen molar-refractivity contribution in [3.05, 3.63) is 59.3 Å². The number of hydrogen-bond acceptors (Lipinski definition) is 1. The van der Waals surface area contributed by atoms with E-state index in [-0.39, 0.29) is 18.5 Å². The van der Waals surface area contributed by atoms with Crippen molar-refractivity contribution in [3.8, 4) is 0 Å². The molecule has 2 atom stereocenters. The molecule has 1 aromatic carbocycles. The average Bonchev–Trinajstić information content (AvgIpc) is 2.40. The van der Waals surface area contributed by atoms with Crippen molar-refractivity contribution in [3.63, 3.8) is 0 Å². The summed E-state index contributed by atoms with van der Waals surface area (Å²) in [6.45, 7) is 0.148. The van der Waals surface area contributed by atoms with E-state index < -0.39 is 23.4 Å². The van der Waals surface area contributed by atoms with Gasteiger partial charge in [0, 0.05) is 30.8 Å². The van der Waals surface area contributed by atoms with E-state index in [1.165, 1.54) is 18.3 Å². The summed E-state index contributed by atoms with van der Waals surface area (Å²) in [5.74, 6) is -1.35. The van der Waals surface area contributed by atoms with Crippen LogP contribution in [-0.2, 0) is 0 Å². The molecule has 0 aromatic heterocycles. The van der Waals surface area contributed by atoms with Crippen LogP contribution in [0.25, 0.3) is 0 Å². The Bertz CT molecular complexity index is 632. The van der Waals surface area contributed by atoms with Crippen molar-refractivity contribution in [2.45, 2.75) is 31.0 Å². The molecule has 1 aliphatic heterocycles. The molecule has 22 heavy (non-hydrogen) atoms. The summed E-state index contributed by atoms with van der Waals surface area (Å²) in [6.07, 6.45) is 0.774. The van der Waals surface area contributed by atoms with Gasteiger partial charge in [-0.3, -0.25) is 0 Å². The van der Waals surface area contributed by atoms with E-state index >= 15 is 0 Å². The molecule has 118 valence electrons. The second kappa shape index (κ2) is 5.41. The van der Waals surface area contributed by atoms with E-state index in [9.17, 15) is 22.0 Å². The number of benzene rings is 1. The molecular formula is C16H14F5N. The first kappa shape index (κ1) is 15.1. The Labute approximate surface area is 124 Å². The topological polar surface area (TPSA) is 3.24 Å². The molecule has 6 heteroatoms. The Hall–Kier alpha value is -1.85. The van der Waals surface area contributed by atoms with Crippen LogP contribution in [0.3, 0.4) is 0 Å². The highest BCUT2D eigenvalue weighted by atomic mass is 19.4. The average molecular weight is 315 g/mol. The third kappa shape index (κ3) is 2.74. The van der Waals surface area contributed by atoms with Gasteiger partial charge in [-0.1, -0.05) is 12.1 Å². The maximum Gasteiger partial charge on any atom is 0.416 e. The SMILES string of the molecule is Fc1ccc([C@@H]2CC[C@@H]2N2C=CC(C(F)(F)F)=CC2)c(F)c1. The fraction of sp³-hybridized carbons (Fsp3) is 0.375. The lowest BCUT2D eigenvalue weighted by molar-refractivity contribution is -0.0891. The first-order chi connectivity index (χ1) is 10.4. The third-order valence-electron chi connectivity index (χ3n) is 4.32. The second-order valence-corrected chi connectivity index (χ2v) is 5.59. The van der Waals surface area contributed by atoms with Crippen LogP contribution < -0.4 is 0 Å². The molecule has 0 saturated heterocycles. The Morgan fingerprint density at radius 2 is 1.86 bits per heavy atom. The molecule has 0 radical (unpaired) electrons. The molecule has 0 bridgehead atoms. The molecular weight excluding hydrogens is 301 g/mol. The van der Waals surface area contributed by atoms with Gasteiger partial charge in [-0.05, 0) is 30.5 Å². The zero-order valence-electron chi connectivity index (χ0n) is 11.6. The van der Waals surface area contributed by atoms with E-state index in [4.69, 9.17) is 0 Å². The molecule has 1 fully saturated rings. The monoisotopic (exact) mass is 315 g/mol. The summed E-state index contributed by atoms with van der Waals surface area (Å²) in [4.78, 5) is 1.78. The van der Waals surface area contributed by atoms with Crippen molar-refractivity contribution in [1.82, 2.24) is 4.90 Å². The van der Waals surface area contributed by atoms with Crippen LogP contribution in [0.5, 0.6) is 0 Å². The molecule has 3 rings (SSSR count). The normalized spacial score (nSPS) is 25.0. The fourth-order valence-corrected chi connectivity index (χ4v) is 3.01. The Balaban J connectivity index is 1.73. The molecule has 1 aromatic rings. The van der Waals surface area contributed by atoms with Crippen LogP contribution in [-0.4, -0.2) is 23.7 Å². The minimum atomic E-state index is -4.34. The predicted octanol–water partition coefficient (Wildman–Crippen LogP) is 4.53. The minimum Gasteiger partial charge on any atom is -0.370 e. The van der Waals surface area contributed by atoms with Gasteiger partial charge in [-0.15, -0.1) is 0 Å². The number of halogens is 5.